The van der Waals surface area contributed by atoms with E-state index < -0.39 is 0 Å². The minimum Gasteiger partial charge on any atom is -0.355 e. The van der Waals surface area contributed by atoms with Gasteiger partial charge < -0.3 is 5.32 Å². The fraction of sp³-hybridized carbons (Fsp3) is 0.318. The molecule has 0 aliphatic rings. The van der Waals surface area contributed by atoms with Gasteiger partial charge in [0.1, 0.15) is 4.83 Å². The highest BCUT2D eigenvalue weighted by atomic mass is 32.2. The Kier molecular flexibility index (Phi) is 7.80. The second-order valence-corrected chi connectivity index (χ2v) is 10.2. The number of allylic oxidation sites excluding steroid dienone is 1. The molecule has 0 spiro atoms. The molecule has 3 rings (SSSR count). The minimum absolute atomic E-state index is 0.0671. The number of amides is 1. The Bertz CT molecular complexity index is 1120. The van der Waals surface area contributed by atoms with Crippen LogP contribution >= 0.6 is 34.9 Å². The predicted octanol–water partition coefficient (Wildman–Crippen LogP) is 4.57. The number of benzene rings is 1. The summed E-state index contributed by atoms with van der Waals surface area (Å²) < 4.78 is 1.60. The molecule has 30 heavy (non-hydrogen) atoms. The van der Waals surface area contributed by atoms with Crippen molar-refractivity contribution in [3.05, 3.63) is 63.3 Å². The summed E-state index contributed by atoms with van der Waals surface area (Å²) >= 11 is 4.52. The number of nitrogens with one attached hydrogen (secondary N) is 1. The third-order valence-electron chi connectivity index (χ3n) is 4.61. The second kappa shape index (κ2) is 10.3. The zero-order valence-corrected chi connectivity index (χ0v) is 19.8. The normalized spacial score (nSPS) is 11.0. The lowest BCUT2D eigenvalue weighted by atomic mass is 10.2. The molecular weight excluding hydrogens is 434 g/mol. The summed E-state index contributed by atoms with van der Waals surface area (Å²) in [5, 5.41) is 4.16. The van der Waals surface area contributed by atoms with Crippen molar-refractivity contribution in [3.8, 4) is 0 Å². The fourth-order valence-corrected chi connectivity index (χ4v) is 5.56. The standard InChI is InChI=1S/C22H25N3O2S3/c1-5-11-25-21(27)19-15(3)16(4)30-20(19)24-22(25)29-13-18(26)23-10-12-28-17-8-6-14(2)7-9-17/h5-9H,1,10-13H2,2-4H3,(H,23,26). The van der Waals surface area contributed by atoms with Gasteiger partial charge in [-0.2, -0.15) is 0 Å². The van der Waals surface area contributed by atoms with Gasteiger partial charge in [-0.3, -0.25) is 14.2 Å². The Labute approximate surface area is 189 Å². The van der Waals surface area contributed by atoms with Gasteiger partial charge in [0, 0.05) is 28.6 Å². The molecule has 2 heterocycles. The summed E-state index contributed by atoms with van der Waals surface area (Å²) in [5.41, 5.74) is 2.14. The summed E-state index contributed by atoms with van der Waals surface area (Å²) in [5.74, 6) is 0.953. The number of carbonyl (C=O) groups excluding carboxylic acids is 1. The van der Waals surface area contributed by atoms with Crippen molar-refractivity contribution in [2.75, 3.05) is 18.1 Å². The number of hydrogen-bond donors (Lipinski definition) is 1. The van der Waals surface area contributed by atoms with E-state index in [2.05, 4.69) is 48.1 Å². The third-order valence-corrected chi connectivity index (χ3v) is 7.70. The van der Waals surface area contributed by atoms with Gasteiger partial charge >= 0.3 is 0 Å². The number of rotatable bonds is 9. The van der Waals surface area contributed by atoms with Crippen LogP contribution in [0.3, 0.4) is 0 Å². The number of nitrogens with zero attached hydrogens (tertiary/aromatic N) is 2. The van der Waals surface area contributed by atoms with Crippen molar-refractivity contribution >= 4 is 51.0 Å². The van der Waals surface area contributed by atoms with Crippen LogP contribution in [0.2, 0.25) is 0 Å². The quantitative estimate of drug-likeness (QED) is 0.220. The van der Waals surface area contributed by atoms with Crippen LogP contribution in [0.25, 0.3) is 10.2 Å². The lowest BCUT2D eigenvalue weighted by Crippen LogP contribution is -2.28. The number of carbonyl (C=O) groups is 1. The monoisotopic (exact) mass is 459 g/mol. The highest BCUT2D eigenvalue weighted by Gasteiger charge is 2.17. The highest BCUT2D eigenvalue weighted by molar-refractivity contribution is 7.99. The van der Waals surface area contributed by atoms with E-state index in [9.17, 15) is 9.59 Å². The maximum atomic E-state index is 12.9. The second-order valence-electron chi connectivity index (χ2n) is 6.86. The molecule has 0 saturated carbocycles. The van der Waals surface area contributed by atoms with Gasteiger partial charge in [0.05, 0.1) is 11.1 Å². The van der Waals surface area contributed by atoms with Crippen molar-refractivity contribution in [3.63, 3.8) is 0 Å². The molecule has 0 fully saturated rings. The van der Waals surface area contributed by atoms with Crippen LogP contribution in [0, 0.1) is 20.8 Å². The Morgan fingerprint density at radius 1 is 1.23 bits per heavy atom. The average molecular weight is 460 g/mol. The van der Waals surface area contributed by atoms with E-state index in [4.69, 9.17) is 0 Å². The lowest BCUT2D eigenvalue weighted by molar-refractivity contribution is -0.118. The van der Waals surface area contributed by atoms with Gasteiger partial charge in [-0.05, 0) is 38.5 Å². The van der Waals surface area contributed by atoms with Crippen molar-refractivity contribution in [1.82, 2.24) is 14.9 Å². The topological polar surface area (TPSA) is 64.0 Å². The van der Waals surface area contributed by atoms with Crippen molar-refractivity contribution in [2.24, 2.45) is 0 Å². The Balaban J connectivity index is 1.59. The first-order chi connectivity index (χ1) is 14.4. The van der Waals surface area contributed by atoms with Crippen LogP contribution in [0.15, 0.2) is 51.8 Å². The van der Waals surface area contributed by atoms with Gasteiger partial charge in [0.25, 0.3) is 5.56 Å². The molecule has 0 unspecified atom stereocenters. The summed E-state index contributed by atoms with van der Waals surface area (Å²) in [7, 11) is 0. The molecule has 1 amide bonds. The largest absolute Gasteiger partial charge is 0.355 e. The molecule has 1 aromatic carbocycles. The number of aryl methyl sites for hydroxylation is 3. The maximum Gasteiger partial charge on any atom is 0.263 e. The summed E-state index contributed by atoms with van der Waals surface area (Å²) in [4.78, 5) is 32.9. The molecule has 2 aromatic heterocycles. The zero-order valence-electron chi connectivity index (χ0n) is 17.4. The highest BCUT2D eigenvalue weighted by Crippen LogP contribution is 2.28. The van der Waals surface area contributed by atoms with Gasteiger partial charge in [0.2, 0.25) is 5.91 Å². The molecule has 0 bridgehead atoms. The molecule has 3 aromatic rings. The van der Waals surface area contributed by atoms with Crippen LogP contribution in [0.4, 0.5) is 0 Å². The fourth-order valence-electron chi connectivity index (χ4n) is 2.88. The van der Waals surface area contributed by atoms with E-state index in [1.165, 1.54) is 33.6 Å². The molecular formula is C22H25N3O2S3. The van der Waals surface area contributed by atoms with E-state index in [-0.39, 0.29) is 17.2 Å². The zero-order chi connectivity index (χ0) is 21.7. The number of hydrogen-bond acceptors (Lipinski definition) is 6. The average Bonchev–Trinajstić information content (AvgIpc) is 3.01. The number of fused-ring (bicyclic) bond motifs is 1. The van der Waals surface area contributed by atoms with Crippen LogP contribution < -0.4 is 10.9 Å². The molecule has 0 saturated heterocycles. The Morgan fingerprint density at radius 2 is 1.97 bits per heavy atom. The van der Waals surface area contributed by atoms with Crippen LogP contribution in [-0.2, 0) is 11.3 Å². The molecule has 0 atom stereocenters. The van der Waals surface area contributed by atoms with Crippen molar-refractivity contribution in [1.29, 1.82) is 0 Å². The molecule has 0 radical (unpaired) electrons. The van der Waals surface area contributed by atoms with Gasteiger partial charge in [-0.15, -0.1) is 29.7 Å². The van der Waals surface area contributed by atoms with E-state index in [1.807, 2.05) is 13.8 Å². The summed E-state index contributed by atoms with van der Waals surface area (Å²) in [6.45, 7) is 10.7. The van der Waals surface area contributed by atoms with Crippen molar-refractivity contribution in [2.45, 2.75) is 37.4 Å². The van der Waals surface area contributed by atoms with Gasteiger partial charge in [-0.1, -0.05) is 35.5 Å². The summed E-state index contributed by atoms with van der Waals surface area (Å²) in [6.07, 6.45) is 1.68. The van der Waals surface area contributed by atoms with E-state index in [1.54, 1.807) is 22.4 Å². The lowest BCUT2D eigenvalue weighted by Gasteiger charge is -2.10. The molecule has 0 aliphatic heterocycles. The molecule has 158 valence electrons. The SMILES string of the molecule is C=CCn1c(SCC(=O)NCCSc2ccc(C)cc2)nc2sc(C)c(C)c2c1=O. The molecule has 0 aliphatic carbocycles. The Morgan fingerprint density at radius 3 is 2.67 bits per heavy atom. The van der Waals surface area contributed by atoms with E-state index >= 15 is 0 Å². The van der Waals surface area contributed by atoms with Crippen molar-refractivity contribution < 1.29 is 4.79 Å². The van der Waals surface area contributed by atoms with Crippen LogP contribution in [-0.4, -0.2) is 33.5 Å². The number of thioether (sulfide) groups is 2. The number of aromatic nitrogens is 2. The number of thiophene rings is 1. The first-order valence-corrected chi connectivity index (χ1v) is 12.4. The molecule has 1 N–H and O–H groups in total. The first-order valence-electron chi connectivity index (χ1n) is 9.61. The molecule has 5 nitrogen and oxygen atoms in total. The van der Waals surface area contributed by atoms with Crippen LogP contribution in [0.1, 0.15) is 16.0 Å². The summed E-state index contributed by atoms with van der Waals surface area (Å²) in [6, 6.07) is 8.35. The first kappa shape index (κ1) is 22.7. The minimum atomic E-state index is -0.0702. The van der Waals surface area contributed by atoms with Gasteiger partial charge in [0.15, 0.2) is 5.16 Å². The molecule has 8 heteroatoms. The maximum absolute atomic E-state index is 12.9. The van der Waals surface area contributed by atoms with Gasteiger partial charge in [-0.25, -0.2) is 4.98 Å². The third kappa shape index (κ3) is 5.36. The predicted molar refractivity (Wildman–Crippen MR) is 129 cm³/mol. The van der Waals surface area contributed by atoms with E-state index in [0.717, 1.165) is 21.0 Å². The van der Waals surface area contributed by atoms with E-state index in [0.29, 0.717) is 23.6 Å². The Hall–Kier alpha value is -2.03. The smallest absolute Gasteiger partial charge is 0.263 e. The van der Waals surface area contributed by atoms with Crippen LogP contribution in [0.5, 0.6) is 0 Å².